The number of carbonyl (C=O) groups excluding carboxylic acids is 1. The number of nitrogens with zero attached hydrogens (tertiary/aromatic N) is 2. The summed E-state index contributed by atoms with van der Waals surface area (Å²) in [6.45, 7) is 0. The Labute approximate surface area is 94.5 Å². The second kappa shape index (κ2) is 4.04. The highest BCUT2D eigenvalue weighted by Gasteiger charge is 2.32. The highest BCUT2D eigenvalue weighted by atomic mass is 19.4. The predicted octanol–water partition coefficient (Wildman–Crippen LogP) is 2.70. The van der Waals surface area contributed by atoms with Crippen LogP contribution in [0.15, 0.2) is 36.7 Å². The summed E-state index contributed by atoms with van der Waals surface area (Å²) >= 11 is 0. The number of aromatic nitrogens is 2. The zero-order chi connectivity index (χ0) is 12.5. The molecule has 3 nitrogen and oxygen atoms in total. The van der Waals surface area contributed by atoms with Crippen LogP contribution in [0, 0.1) is 0 Å². The van der Waals surface area contributed by atoms with Crippen molar-refractivity contribution in [1.29, 1.82) is 0 Å². The first kappa shape index (κ1) is 11.4. The summed E-state index contributed by atoms with van der Waals surface area (Å²) < 4.78 is 38.1. The molecule has 17 heavy (non-hydrogen) atoms. The molecule has 0 saturated carbocycles. The van der Waals surface area contributed by atoms with Crippen LogP contribution in [0.1, 0.15) is 15.9 Å². The third-order valence-electron chi connectivity index (χ3n) is 2.18. The number of aldehydes is 1. The summed E-state index contributed by atoms with van der Waals surface area (Å²) in [5, 5.41) is 3.61. The maximum absolute atomic E-state index is 12.4. The summed E-state index contributed by atoms with van der Waals surface area (Å²) in [6, 6.07) is 6.17. The van der Waals surface area contributed by atoms with Gasteiger partial charge in [-0.05, 0) is 12.1 Å². The Morgan fingerprint density at radius 1 is 1.29 bits per heavy atom. The maximum Gasteiger partial charge on any atom is 0.419 e. The molecule has 2 rings (SSSR count). The highest BCUT2D eigenvalue weighted by Crippen LogP contribution is 2.29. The van der Waals surface area contributed by atoms with Crippen LogP contribution in [-0.4, -0.2) is 16.1 Å². The topological polar surface area (TPSA) is 34.9 Å². The fourth-order valence-electron chi connectivity index (χ4n) is 1.35. The zero-order valence-corrected chi connectivity index (χ0v) is 8.48. The minimum absolute atomic E-state index is 0.381. The van der Waals surface area contributed by atoms with Crippen LogP contribution in [0.4, 0.5) is 13.2 Å². The standard InChI is InChI=1S/C11H7F3N2O/c12-11(13,14)9-5-15-16(6-9)10-3-1-2-8(4-10)7-17/h1-7H. The average molecular weight is 240 g/mol. The number of halogens is 3. The van der Waals surface area contributed by atoms with Gasteiger partial charge in [-0.2, -0.15) is 18.3 Å². The lowest BCUT2D eigenvalue weighted by molar-refractivity contribution is -0.137. The summed E-state index contributed by atoms with van der Waals surface area (Å²) in [5.41, 5.74) is -0.0364. The van der Waals surface area contributed by atoms with Crippen LogP contribution in [0.5, 0.6) is 0 Å². The van der Waals surface area contributed by atoms with E-state index in [1.54, 1.807) is 18.2 Å². The minimum atomic E-state index is -4.42. The monoisotopic (exact) mass is 240 g/mol. The number of alkyl halides is 3. The molecule has 0 aliphatic rings. The van der Waals surface area contributed by atoms with E-state index in [4.69, 9.17) is 0 Å². The molecule has 0 aliphatic heterocycles. The van der Waals surface area contributed by atoms with E-state index in [1.807, 2.05) is 0 Å². The number of carbonyl (C=O) groups is 1. The molecule has 6 heteroatoms. The molecular formula is C11H7F3N2O. The fraction of sp³-hybridized carbons (Fsp3) is 0.0909. The first-order chi connectivity index (χ1) is 8.00. The Morgan fingerprint density at radius 2 is 2.06 bits per heavy atom. The summed E-state index contributed by atoms with van der Waals surface area (Å²) in [6.07, 6.45) is -2.17. The largest absolute Gasteiger partial charge is 0.419 e. The number of hydrogen-bond donors (Lipinski definition) is 0. The van der Waals surface area contributed by atoms with E-state index in [1.165, 1.54) is 6.07 Å². The van der Waals surface area contributed by atoms with Gasteiger partial charge >= 0.3 is 6.18 Å². The van der Waals surface area contributed by atoms with Gasteiger partial charge in [0.2, 0.25) is 0 Å². The lowest BCUT2D eigenvalue weighted by Crippen LogP contribution is -2.03. The fourth-order valence-corrected chi connectivity index (χ4v) is 1.35. The van der Waals surface area contributed by atoms with Gasteiger partial charge in [0.25, 0.3) is 0 Å². The molecule has 2 aromatic rings. The van der Waals surface area contributed by atoms with Gasteiger partial charge in [-0.15, -0.1) is 0 Å². The third-order valence-corrected chi connectivity index (χ3v) is 2.18. The first-order valence-corrected chi connectivity index (χ1v) is 4.68. The van der Waals surface area contributed by atoms with E-state index in [-0.39, 0.29) is 0 Å². The third kappa shape index (κ3) is 2.35. The van der Waals surface area contributed by atoms with Crippen molar-refractivity contribution in [2.24, 2.45) is 0 Å². The van der Waals surface area contributed by atoms with Gasteiger partial charge in [-0.3, -0.25) is 4.79 Å². The van der Waals surface area contributed by atoms with E-state index < -0.39 is 11.7 Å². The van der Waals surface area contributed by atoms with Crippen LogP contribution in [0.25, 0.3) is 5.69 Å². The normalized spacial score (nSPS) is 11.5. The highest BCUT2D eigenvalue weighted by molar-refractivity contribution is 5.75. The minimum Gasteiger partial charge on any atom is -0.298 e. The van der Waals surface area contributed by atoms with E-state index in [2.05, 4.69) is 5.10 Å². The van der Waals surface area contributed by atoms with Crippen LogP contribution in [-0.2, 0) is 6.18 Å². The second-order valence-electron chi connectivity index (χ2n) is 3.38. The Hall–Kier alpha value is -2.11. The Balaban J connectivity index is 2.40. The Kier molecular flexibility index (Phi) is 2.71. The Bertz CT molecular complexity index is 546. The van der Waals surface area contributed by atoms with E-state index >= 15 is 0 Å². The average Bonchev–Trinajstić information content (AvgIpc) is 2.78. The van der Waals surface area contributed by atoms with Gasteiger partial charge in [0, 0.05) is 11.8 Å². The molecule has 0 spiro atoms. The predicted molar refractivity (Wildman–Crippen MR) is 54.0 cm³/mol. The van der Waals surface area contributed by atoms with Gasteiger partial charge in [0.15, 0.2) is 0 Å². The molecule has 0 N–H and O–H groups in total. The van der Waals surface area contributed by atoms with Crippen molar-refractivity contribution < 1.29 is 18.0 Å². The molecule has 0 bridgehead atoms. The summed E-state index contributed by atoms with van der Waals surface area (Å²) in [7, 11) is 0. The molecule has 1 aromatic heterocycles. The second-order valence-corrected chi connectivity index (χ2v) is 3.38. The summed E-state index contributed by atoms with van der Waals surface area (Å²) in [4.78, 5) is 10.5. The molecule has 0 saturated heterocycles. The van der Waals surface area contributed by atoms with Gasteiger partial charge < -0.3 is 0 Å². The van der Waals surface area contributed by atoms with Crippen molar-refractivity contribution in [3.05, 3.63) is 47.8 Å². The van der Waals surface area contributed by atoms with Crippen LogP contribution < -0.4 is 0 Å². The molecule has 1 heterocycles. The lowest BCUT2D eigenvalue weighted by atomic mass is 10.2. The maximum atomic E-state index is 12.4. The SMILES string of the molecule is O=Cc1cccc(-n2cc(C(F)(F)F)cn2)c1. The lowest BCUT2D eigenvalue weighted by Gasteiger charge is -2.02. The Morgan fingerprint density at radius 3 is 2.65 bits per heavy atom. The van der Waals surface area contributed by atoms with Crippen LogP contribution in [0.2, 0.25) is 0 Å². The van der Waals surface area contributed by atoms with Crippen molar-refractivity contribution >= 4 is 6.29 Å². The molecule has 1 aromatic carbocycles. The van der Waals surface area contributed by atoms with E-state index in [0.717, 1.165) is 17.1 Å². The molecule has 0 radical (unpaired) electrons. The zero-order valence-electron chi connectivity index (χ0n) is 8.48. The first-order valence-electron chi connectivity index (χ1n) is 4.68. The van der Waals surface area contributed by atoms with Crippen LogP contribution >= 0.6 is 0 Å². The van der Waals surface area contributed by atoms with Gasteiger partial charge in [-0.25, -0.2) is 4.68 Å². The van der Waals surface area contributed by atoms with Crippen molar-refractivity contribution in [1.82, 2.24) is 9.78 Å². The quantitative estimate of drug-likeness (QED) is 0.756. The molecular weight excluding hydrogens is 233 g/mol. The number of hydrogen-bond acceptors (Lipinski definition) is 2. The molecule has 0 aliphatic carbocycles. The molecule has 0 unspecified atom stereocenters. The van der Waals surface area contributed by atoms with Crippen molar-refractivity contribution in [3.8, 4) is 5.69 Å². The molecule has 88 valence electrons. The van der Waals surface area contributed by atoms with Gasteiger partial charge in [0.1, 0.15) is 6.29 Å². The summed E-state index contributed by atoms with van der Waals surface area (Å²) in [5.74, 6) is 0. The van der Waals surface area contributed by atoms with Crippen molar-refractivity contribution in [3.63, 3.8) is 0 Å². The van der Waals surface area contributed by atoms with E-state index in [9.17, 15) is 18.0 Å². The van der Waals surface area contributed by atoms with Gasteiger partial charge in [0.05, 0.1) is 17.4 Å². The smallest absolute Gasteiger partial charge is 0.298 e. The molecule has 0 fully saturated rings. The van der Waals surface area contributed by atoms with Crippen molar-refractivity contribution in [2.45, 2.75) is 6.18 Å². The van der Waals surface area contributed by atoms with E-state index in [0.29, 0.717) is 17.5 Å². The molecule has 0 amide bonds. The van der Waals surface area contributed by atoms with Crippen LogP contribution in [0.3, 0.4) is 0 Å². The molecule has 0 atom stereocenters. The number of rotatable bonds is 2. The van der Waals surface area contributed by atoms with Gasteiger partial charge in [-0.1, -0.05) is 12.1 Å². The van der Waals surface area contributed by atoms with Crippen molar-refractivity contribution in [2.75, 3.05) is 0 Å². The number of benzene rings is 1.